The predicted molar refractivity (Wildman–Crippen MR) is 150 cm³/mol. The number of sulfonamides is 1. The van der Waals surface area contributed by atoms with Crippen LogP contribution in [0.3, 0.4) is 0 Å². The maximum Gasteiger partial charge on any atom is 0.261 e. The Labute approximate surface area is 229 Å². The van der Waals surface area contributed by atoms with Crippen LogP contribution in [-0.4, -0.2) is 51.8 Å². The Bertz CT molecular complexity index is 1390. The minimum Gasteiger partial charge on any atom is -0.387 e. The molecule has 0 spiro atoms. The Hall–Kier alpha value is -3.67. The number of aliphatic hydroxyl groups is 1. The number of hydrogen-bond donors (Lipinski definition) is 3. The Morgan fingerprint density at radius 3 is 2.49 bits per heavy atom. The summed E-state index contributed by atoms with van der Waals surface area (Å²) in [6.07, 6.45) is 8.77. The van der Waals surface area contributed by atoms with Gasteiger partial charge in [0.15, 0.2) is 5.82 Å². The number of anilines is 1. The third-order valence-electron chi connectivity index (χ3n) is 6.29. The van der Waals surface area contributed by atoms with E-state index in [0.29, 0.717) is 30.3 Å². The van der Waals surface area contributed by atoms with Crippen LogP contribution in [0.5, 0.6) is 0 Å². The number of aliphatic hydroxyl groups excluding tert-OH is 1. The molecule has 1 unspecified atom stereocenters. The molecule has 0 amide bonds. The quantitative estimate of drug-likeness (QED) is 0.190. The molecule has 0 saturated carbocycles. The molecule has 3 N–H and O–H groups in total. The van der Waals surface area contributed by atoms with Crippen LogP contribution in [0.15, 0.2) is 78.0 Å². The highest BCUT2D eigenvalue weighted by Crippen LogP contribution is 2.18. The van der Waals surface area contributed by atoms with Crippen molar-refractivity contribution < 1.29 is 13.5 Å². The largest absolute Gasteiger partial charge is 0.387 e. The molecule has 11 heteroatoms. The molecule has 0 aliphatic carbocycles. The molecule has 0 fully saturated rings. The monoisotopic (exact) mass is 549 g/mol. The Morgan fingerprint density at radius 2 is 1.77 bits per heavy atom. The van der Waals surface area contributed by atoms with Crippen molar-refractivity contribution in [2.75, 3.05) is 17.8 Å². The van der Waals surface area contributed by atoms with Crippen LogP contribution in [0.2, 0.25) is 0 Å². The molecule has 2 heterocycles. The minimum atomic E-state index is -3.76. The average Bonchev–Trinajstić information content (AvgIpc) is 3.44. The zero-order valence-corrected chi connectivity index (χ0v) is 22.9. The summed E-state index contributed by atoms with van der Waals surface area (Å²) in [5, 5.41) is 26.0. The zero-order valence-electron chi connectivity index (χ0n) is 22.1. The van der Waals surface area contributed by atoms with E-state index in [2.05, 4.69) is 37.4 Å². The smallest absolute Gasteiger partial charge is 0.261 e. The minimum absolute atomic E-state index is 0.145. The first-order valence-electron chi connectivity index (χ1n) is 13.2. The summed E-state index contributed by atoms with van der Waals surface area (Å²) in [5.74, 6) is 0.686. The van der Waals surface area contributed by atoms with Gasteiger partial charge in [-0.15, -0.1) is 15.0 Å². The fourth-order valence-electron chi connectivity index (χ4n) is 4.04. The van der Waals surface area contributed by atoms with Crippen molar-refractivity contribution >= 4 is 15.7 Å². The fourth-order valence-corrected chi connectivity index (χ4v) is 5.10. The number of hydrogen-bond acceptors (Lipinski definition) is 8. The number of nitrogens with one attached hydrogen (secondary N) is 2. The Balaban J connectivity index is 1.26. The number of unbranched alkanes of at least 4 members (excludes halogenated alkanes) is 3. The molecule has 0 aliphatic rings. The van der Waals surface area contributed by atoms with Gasteiger partial charge in [-0.05, 0) is 72.6 Å². The number of rotatable bonds is 15. The van der Waals surface area contributed by atoms with Crippen LogP contribution in [0.4, 0.5) is 5.69 Å². The molecule has 39 heavy (non-hydrogen) atoms. The van der Waals surface area contributed by atoms with E-state index in [0.717, 1.165) is 36.8 Å². The molecule has 0 aliphatic heterocycles. The van der Waals surface area contributed by atoms with Crippen molar-refractivity contribution in [1.82, 2.24) is 30.5 Å². The van der Waals surface area contributed by atoms with Crippen LogP contribution >= 0.6 is 0 Å². The number of benzene rings is 2. The van der Waals surface area contributed by atoms with Gasteiger partial charge in [0, 0.05) is 36.6 Å². The van der Waals surface area contributed by atoms with Gasteiger partial charge in [-0.25, -0.2) is 8.42 Å². The zero-order chi connectivity index (χ0) is 27.5. The average molecular weight is 550 g/mol. The summed E-state index contributed by atoms with van der Waals surface area (Å²) in [4.78, 5) is 5.59. The molecule has 206 valence electrons. The van der Waals surface area contributed by atoms with Crippen molar-refractivity contribution in [2.24, 2.45) is 0 Å². The van der Waals surface area contributed by atoms with Gasteiger partial charge in [-0.2, -0.15) is 0 Å². The molecule has 10 nitrogen and oxygen atoms in total. The molecule has 1 atom stereocenters. The fraction of sp³-hybridized carbons (Fsp3) is 0.357. The van der Waals surface area contributed by atoms with E-state index in [1.807, 2.05) is 18.2 Å². The molecule has 4 rings (SSSR count). The van der Waals surface area contributed by atoms with Gasteiger partial charge in [0.1, 0.15) is 0 Å². The third-order valence-corrected chi connectivity index (χ3v) is 7.69. The standard InChI is InChI=1S/C28H35N7O3S/c1-2-3-4-5-8-28-31-34-35(32-28)25-13-15-26(16-14-25)39(37,38)33-24-11-9-22(10-12-24)17-19-30-21-27(36)23-7-6-18-29-20-23/h6-7,9-16,18,20,27,30,33,36H,2-5,8,17,19,21H2,1H3. The summed E-state index contributed by atoms with van der Waals surface area (Å²) >= 11 is 0. The van der Waals surface area contributed by atoms with Crippen LogP contribution < -0.4 is 10.0 Å². The van der Waals surface area contributed by atoms with Gasteiger partial charge < -0.3 is 10.4 Å². The van der Waals surface area contributed by atoms with Crippen LogP contribution in [0, 0.1) is 0 Å². The lowest BCUT2D eigenvalue weighted by atomic mass is 10.1. The molecule has 2 aromatic carbocycles. The lowest BCUT2D eigenvalue weighted by Crippen LogP contribution is -2.23. The van der Waals surface area contributed by atoms with E-state index in [1.165, 1.54) is 29.8 Å². The second-order valence-electron chi connectivity index (χ2n) is 9.36. The normalized spacial score (nSPS) is 12.4. The second-order valence-corrected chi connectivity index (χ2v) is 11.0. The molecule has 2 aromatic heterocycles. The number of aromatic nitrogens is 5. The molecule has 0 radical (unpaired) electrons. The van der Waals surface area contributed by atoms with Crippen molar-refractivity contribution in [1.29, 1.82) is 0 Å². The van der Waals surface area contributed by atoms with E-state index in [1.54, 1.807) is 42.7 Å². The van der Waals surface area contributed by atoms with Crippen LogP contribution in [-0.2, 0) is 22.9 Å². The summed E-state index contributed by atoms with van der Waals surface area (Å²) in [6.45, 7) is 3.27. The van der Waals surface area contributed by atoms with Gasteiger partial charge in [-0.1, -0.05) is 44.4 Å². The Kier molecular flexibility index (Phi) is 10.1. The van der Waals surface area contributed by atoms with E-state index in [9.17, 15) is 13.5 Å². The van der Waals surface area contributed by atoms with Crippen molar-refractivity contribution in [3.05, 3.63) is 90.0 Å². The number of tetrazole rings is 1. The third kappa shape index (κ3) is 8.41. The van der Waals surface area contributed by atoms with Gasteiger partial charge in [0.25, 0.3) is 10.0 Å². The van der Waals surface area contributed by atoms with Gasteiger partial charge in [-0.3, -0.25) is 9.71 Å². The highest BCUT2D eigenvalue weighted by Gasteiger charge is 2.15. The first-order chi connectivity index (χ1) is 18.9. The van der Waals surface area contributed by atoms with Crippen molar-refractivity contribution in [2.45, 2.75) is 56.4 Å². The summed E-state index contributed by atoms with van der Waals surface area (Å²) in [5.41, 5.74) is 2.95. The van der Waals surface area contributed by atoms with Crippen molar-refractivity contribution in [3.63, 3.8) is 0 Å². The number of nitrogens with zero attached hydrogens (tertiary/aromatic N) is 5. The number of aryl methyl sites for hydroxylation is 1. The highest BCUT2D eigenvalue weighted by molar-refractivity contribution is 7.92. The van der Waals surface area contributed by atoms with Crippen LogP contribution in [0.1, 0.15) is 55.7 Å². The molecule has 0 saturated heterocycles. The van der Waals surface area contributed by atoms with E-state index < -0.39 is 16.1 Å². The predicted octanol–water partition coefficient (Wildman–Crippen LogP) is 3.85. The van der Waals surface area contributed by atoms with Gasteiger partial charge >= 0.3 is 0 Å². The molecular formula is C28H35N7O3S. The maximum atomic E-state index is 12.9. The number of pyridine rings is 1. The van der Waals surface area contributed by atoms with Gasteiger partial charge in [0.2, 0.25) is 0 Å². The first kappa shape index (κ1) is 28.3. The van der Waals surface area contributed by atoms with E-state index >= 15 is 0 Å². The lowest BCUT2D eigenvalue weighted by Gasteiger charge is -2.12. The van der Waals surface area contributed by atoms with Crippen LogP contribution in [0.25, 0.3) is 5.69 Å². The summed E-state index contributed by atoms with van der Waals surface area (Å²) in [7, 11) is -3.76. The summed E-state index contributed by atoms with van der Waals surface area (Å²) in [6, 6.07) is 17.3. The van der Waals surface area contributed by atoms with E-state index in [-0.39, 0.29) is 4.90 Å². The van der Waals surface area contributed by atoms with Crippen molar-refractivity contribution in [3.8, 4) is 5.69 Å². The topological polar surface area (TPSA) is 135 Å². The molecule has 4 aromatic rings. The van der Waals surface area contributed by atoms with E-state index in [4.69, 9.17) is 0 Å². The molecular weight excluding hydrogens is 514 g/mol. The molecule has 0 bridgehead atoms. The lowest BCUT2D eigenvalue weighted by molar-refractivity contribution is 0.174. The SMILES string of the molecule is CCCCCCc1nnn(-c2ccc(S(=O)(=O)Nc3ccc(CCNCC(O)c4cccnc4)cc3)cc2)n1. The second kappa shape index (κ2) is 13.9. The maximum absolute atomic E-state index is 12.9. The van der Waals surface area contributed by atoms with Gasteiger partial charge in [0.05, 0.1) is 16.7 Å². The Morgan fingerprint density at radius 1 is 0.974 bits per heavy atom. The summed E-state index contributed by atoms with van der Waals surface area (Å²) < 4.78 is 28.4. The first-order valence-corrected chi connectivity index (χ1v) is 14.7. The highest BCUT2D eigenvalue weighted by atomic mass is 32.2.